The number of benzene rings is 1. The Morgan fingerprint density at radius 2 is 2.28 bits per heavy atom. The predicted octanol–water partition coefficient (Wildman–Crippen LogP) is 5.65. The van der Waals surface area contributed by atoms with Crippen molar-refractivity contribution < 1.29 is 4.79 Å². The first kappa shape index (κ1) is 19.8. The molecule has 0 spiro atoms. The lowest BCUT2D eigenvalue weighted by atomic mass is 10.2. The smallest absolute Gasteiger partial charge is 0.252 e. The number of fused-ring (bicyclic) bond motifs is 1. The Hall–Kier alpha value is -2.48. The van der Waals surface area contributed by atoms with Crippen LogP contribution in [0.5, 0.6) is 0 Å². The third-order valence-corrected chi connectivity index (χ3v) is 6.51. The summed E-state index contributed by atoms with van der Waals surface area (Å²) < 4.78 is 2.99. The Bertz CT molecular complexity index is 1130. The van der Waals surface area contributed by atoms with Gasteiger partial charge in [-0.05, 0) is 48.6 Å². The maximum absolute atomic E-state index is 13.0. The molecule has 1 amide bonds. The Balaban J connectivity index is 1.59. The molecule has 0 saturated heterocycles. The summed E-state index contributed by atoms with van der Waals surface area (Å²) in [6.45, 7) is 3.34. The number of carbonyl (C=O) groups excluding carboxylic acids is 1. The average Bonchev–Trinajstić information content (AvgIpc) is 3.44. The predicted molar refractivity (Wildman–Crippen MR) is 122 cm³/mol. The maximum Gasteiger partial charge on any atom is 0.252 e. The standard InChI is InChI=1S/C21H19ClN4OS2/c1-15-12-16(22)13-18-20(15)24-21(29-18)26(9-3-8-25-10-7-23-14-25)19(27)6-5-17-4-2-11-28-17/h2,4-7,10-14H,3,8-9H2,1H3/b6-5+. The van der Waals surface area contributed by atoms with Crippen molar-refractivity contribution in [1.82, 2.24) is 14.5 Å². The number of imidazole rings is 1. The van der Waals surface area contributed by atoms with Gasteiger partial charge in [-0.25, -0.2) is 9.97 Å². The van der Waals surface area contributed by atoms with Gasteiger partial charge < -0.3 is 4.57 Å². The molecule has 5 nitrogen and oxygen atoms in total. The molecule has 0 aliphatic rings. The van der Waals surface area contributed by atoms with Crippen molar-refractivity contribution in [2.45, 2.75) is 19.9 Å². The van der Waals surface area contributed by atoms with E-state index < -0.39 is 0 Å². The molecular weight excluding hydrogens is 424 g/mol. The van der Waals surface area contributed by atoms with E-state index in [-0.39, 0.29) is 5.91 Å². The summed E-state index contributed by atoms with van der Waals surface area (Å²) in [4.78, 5) is 24.6. The number of aryl methyl sites for hydroxylation is 2. The topological polar surface area (TPSA) is 51.0 Å². The second kappa shape index (κ2) is 8.90. The molecule has 1 aromatic carbocycles. The molecule has 3 aromatic heterocycles. The van der Waals surface area contributed by atoms with Gasteiger partial charge in [0.05, 0.1) is 16.5 Å². The molecule has 0 unspecified atom stereocenters. The van der Waals surface area contributed by atoms with Crippen LogP contribution in [-0.2, 0) is 11.3 Å². The second-order valence-corrected chi connectivity index (χ2v) is 8.98. The van der Waals surface area contributed by atoms with Gasteiger partial charge in [-0.3, -0.25) is 9.69 Å². The lowest BCUT2D eigenvalue weighted by Gasteiger charge is -2.18. The Morgan fingerprint density at radius 3 is 3.03 bits per heavy atom. The molecular formula is C21H19ClN4OS2. The van der Waals surface area contributed by atoms with Gasteiger partial charge in [0, 0.05) is 41.5 Å². The fourth-order valence-corrected chi connectivity index (χ4v) is 5.09. The third kappa shape index (κ3) is 4.75. The van der Waals surface area contributed by atoms with Gasteiger partial charge in [-0.15, -0.1) is 11.3 Å². The first-order valence-corrected chi connectivity index (χ1v) is 11.2. The van der Waals surface area contributed by atoms with Crippen LogP contribution in [0.25, 0.3) is 16.3 Å². The molecule has 0 N–H and O–H groups in total. The van der Waals surface area contributed by atoms with E-state index in [1.54, 1.807) is 34.8 Å². The lowest BCUT2D eigenvalue weighted by Crippen LogP contribution is -2.30. The van der Waals surface area contributed by atoms with Gasteiger partial charge in [-0.1, -0.05) is 29.0 Å². The van der Waals surface area contributed by atoms with Crippen LogP contribution in [0.3, 0.4) is 0 Å². The molecule has 4 rings (SSSR count). The minimum absolute atomic E-state index is 0.0770. The van der Waals surface area contributed by atoms with E-state index in [1.807, 2.05) is 53.4 Å². The van der Waals surface area contributed by atoms with Crippen molar-refractivity contribution in [3.63, 3.8) is 0 Å². The van der Waals surface area contributed by atoms with E-state index in [0.717, 1.165) is 33.6 Å². The molecule has 0 atom stereocenters. The molecule has 0 aliphatic heterocycles. The van der Waals surface area contributed by atoms with Crippen LogP contribution in [0.1, 0.15) is 16.9 Å². The summed E-state index contributed by atoms with van der Waals surface area (Å²) in [6.07, 6.45) is 9.73. The number of amides is 1. The molecule has 0 radical (unpaired) electrons. The van der Waals surface area contributed by atoms with E-state index in [0.29, 0.717) is 16.7 Å². The number of halogens is 1. The van der Waals surface area contributed by atoms with Crippen LogP contribution in [0, 0.1) is 6.92 Å². The molecule has 148 valence electrons. The van der Waals surface area contributed by atoms with Gasteiger partial charge >= 0.3 is 0 Å². The van der Waals surface area contributed by atoms with Crippen LogP contribution >= 0.6 is 34.3 Å². The number of nitrogens with zero attached hydrogens (tertiary/aromatic N) is 4. The zero-order chi connectivity index (χ0) is 20.2. The van der Waals surface area contributed by atoms with Crippen LogP contribution in [0.2, 0.25) is 5.02 Å². The molecule has 29 heavy (non-hydrogen) atoms. The van der Waals surface area contributed by atoms with Gasteiger partial charge in [0.25, 0.3) is 5.91 Å². The normalized spacial score (nSPS) is 11.5. The van der Waals surface area contributed by atoms with E-state index in [2.05, 4.69) is 4.98 Å². The maximum atomic E-state index is 13.0. The minimum Gasteiger partial charge on any atom is -0.337 e. The van der Waals surface area contributed by atoms with Crippen molar-refractivity contribution in [3.05, 3.63) is 69.9 Å². The largest absolute Gasteiger partial charge is 0.337 e. The van der Waals surface area contributed by atoms with Crippen LogP contribution < -0.4 is 4.90 Å². The van der Waals surface area contributed by atoms with E-state index in [9.17, 15) is 4.79 Å². The molecule has 0 fully saturated rings. The van der Waals surface area contributed by atoms with Gasteiger partial charge in [0.2, 0.25) is 0 Å². The Kier molecular flexibility index (Phi) is 6.08. The monoisotopic (exact) mass is 442 g/mol. The summed E-state index contributed by atoms with van der Waals surface area (Å²) in [5.74, 6) is -0.0770. The van der Waals surface area contributed by atoms with Crippen LogP contribution in [0.4, 0.5) is 5.13 Å². The molecule has 8 heteroatoms. The minimum atomic E-state index is -0.0770. The van der Waals surface area contributed by atoms with E-state index >= 15 is 0 Å². The highest BCUT2D eigenvalue weighted by molar-refractivity contribution is 7.22. The first-order chi connectivity index (χ1) is 14.1. The molecule has 0 aliphatic carbocycles. The number of thiophene rings is 1. The van der Waals surface area contributed by atoms with Crippen molar-refractivity contribution >= 4 is 61.6 Å². The van der Waals surface area contributed by atoms with Gasteiger partial charge in [0.15, 0.2) is 5.13 Å². The van der Waals surface area contributed by atoms with Crippen molar-refractivity contribution in [1.29, 1.82) is 0 Å². The summed E-state index contributed by atoms with van der Waals surface area (Å²) in [7, 11) is 0. The zero-order valence-corrected chi connectivity index (χ0v) is 18.2. The number of hydrogen-bond acceptors (Lipinski definition) is 5. The highest BCUT2D eigenvalue weighted by atomic mass is 35.5. The molecule has 4 aromatic rings. The number of carbonyl (C=O) groups is 1. The number of thiazole rings is 1. The van der Waals surface area contributed by atoms with Crippen molar-refractivity contribution in [3.8, 4) is 0 Å². The quantitative estimate of drug-likeness (QED) is 0.347. The lowest BCUT2D eigenvalue weighted by molar-refractivity contribution is -0.114. The third-order valence-electron chi connectivity index (χ3n) is 4.43. The summed E-state index contributed by atoms with van der Waals surface area (Å²) in [6, 6.07) is 7.76. The van der Waals surface area contributed by atoms with Gasteiger partial charge in [-0.2, -0.15) is 0 Å². The Morgan fingerprint density at radius 1 is 1.38 bits per heavy atom. The highest BCUT2D eigenvalue weighted by Crippen LogP contribution is 2.33. The summed E-state index contributed by atoms with van der Waals surface area (Å²) in [5, 5.41) is 3.37. The molecule has 3 heterocycles. The van der Waals surface area contributed by atoms with Crippen LogP contribution in [0.15, 0.2) is 54.4 Å². The SMILES string of the molecule is Cc1cc(Cl)cc2sc(N(CCCn3ccnc3)C(=O)/C=C/c3cccs3)nc12. The fraction of sp³-hybridized carbons (Fsp3) is 0.190. The zero-order valence-electron chi connectivity index (χ0n) is 15.8. The van der Waals surface area contributed by atoms with Gasteiger partial charge in [0.1, 0.15) is 0 Å². The van der Waals surface area contributed by atoms with E-state index in [4.69, 9.17) is 16.6 Å². The Labute approximate surface area is 181 Å². The number of rotatable bonds is 7. The first-order valence-electron chi connectivity index (χ1n) is 9.15. The molecule has 0 saturated carbocycles. The molecule has 0 bridgehead atoms. The number of aromatic nitrogens is 3. The number of hydrogen-bond donors (Lipinski definition) is 0. The second-order valence-electron chi connectivity index (χ2n) is 6.56. The summed E-state index contributed by atoms with van der Waals surface area (Å²) in [5.41, 5.74) is 1.90. The van der Waals surface area contributed by atoms with Crippen molar-refractivity contribution in [2.24, 2.45) is 0 Å². The van der Waals surface area contributed by atoms with E-state index in [1.165, 1.54) is 11.3 Å². The van der Waals surface area contributed by atoms with Crippen molar-refractivity contribution in [2.75, 3.05) is 11.4 Å². The average molecular weight is 443 g/mol. The summed E-state index contributed by atoms with van der Waals surface area (Å²) >= 11 is 9.30. The highest BCUT2D eigenvalue weighted by Gasteiger charge is 2.18. The number of anilines is 1. The van der Waals surface area contributed by atoms with Crippen LogP contribution in [-0.4, -0.2) is 27.0 Å². The fourth-order valence-electron chi connectivity index (χ4n) is 3.02.